The Kier molecular flexibility index (Phi) is 3.23. The summed E-state index contributed by atoms with van der Waals surface area (Å²) in [5, 5.41) is 11.0. The molecule has 2 aromatic heterocycles. The zero-order valence-electron chi connectivity index (χ0n) is 10.7. The Morgan fingerprint density at radius 2 is 1.86 bits per heavy atom. The average molecular weight is 288 g/mol. The molecule has 0 aliphatic rings. The largest absolute Gasteiger partial charge is 0.466 e. The van der Waals surface area contributed by atoms with Crippen LogP contribution < -0.4 is 0 Å². The third-order valence-electron chi connectivity index (χ3n) is 3.18. The summed E-state index contributed by atoms with van der Waals surface area (Å²) in [7, 11) is 0. The van der Waals surface area contributed by atoms with Crippen molar-refractivity contribution in [1.29, 1.82) is 0 Å². The van der Waals surface area contributed by atoms with Crippen molar-refractivity contribution >= 4 is 0 Å². The SMILES string of the molecule is OC(c1cncnc1)(c1ccco1)c1ccc(F)cc1F. The van der Waals surface area contributed by atoms with Crippen molar-refractivity contribution in [3.05, 3.63) is 83.8 Å². The van der Waals surface area contributed by atoms with E-state index < -0.39 is 17.2 Å². The van der Waals surface area contributed by atoms with Gasteiger partial charge in [0, 0.05) is 29.6 Å². The van der Waals surface area contributed by atoms with Gasteiger partial charge in [-0.15, -0.1) is 0 Å². The first kappa shape index (κ1) is 13.4. The Bertz CT molecular complexity index is 748. The maximum Gasteiger partial charge on any atom is 0.178 e. The number of furan rings is 1. The van der Waals surface area contributed by atoms with Gasteiger partial charge in [-0.2, -0.15) is 0 Å². The molecule has 21 heavy (non-hydrogen) atoms. The van der Waals surface area contributed by atoms with Crippen molar-refractivity contribution in [2.75, 3.05) is 0 Å². The molecule has 0 spiro atoms. The lowest BCUT2D eigenvalue weighted by Gasteiger charge is -2.26. The number of hydrogen-bond acceptors (Lipinski definition) is 4. The van der Waals surface area contributed by atoms with E-state index in [0.29, 0.717) is 6.07 Å². The molecule has 0 aliphatic heterocycles. The van der Waals surface area contributed by atoms with Gasteiger partial charge in [-0.25, -0.2) is 18.7 Å². The van der Waals surface area contributed by atoms with Gasteiger partial charge >= 0.3 is 0 Å². The Balaban J connectivity index is 2.27. The molecule has 1 N–H and O–H groups in total. The monoisotopic (exact) mass is 288 g/mol. The molecule has 1 atom stereocenters. The molecule has 0 fully saturated rings. The summed E-state index contributed by atoms with van der Waals surface area (Å²) in [6.45, 7) is 0. The van der Waals surface area contributed by atoms with Crippen LogP contribution in [0.5, 0.6) is 0 Å². The van der Waals surface area contributed by atoms with Crippen LogP contribution in [0.2, 0.25) is 0 Å². The number of rotatable bonds is 3. The van der Waals surface area contributed by atoms with Gasteiger partial charge in [-0.1, -0.05) is 0 Å². The van der Waals surface area contributed by atoms with Crippen LogP contribution in [0, 0.1) is 11.6 Å². The number of nitrogens with zero attached hydrogens (tertiary/aromatic N) is 2. The maximum absolute atomic E-state index is 14.1. The Morgan fingerprint density at radius 3 is 2.48 bits per heavy atom. The van der Waals surface area contributed by atoms with E-state index in [1.165, 1.54) is 37.1 Å². The molecular weight excluding hydrogens is 278 g/mol. The second-order valence-electron chi connectivity index (χ2n) is 4.44. The highest BCUT2D eigenvalue weighted by atomic mass is 19.1. The molecular formula is C15H10F2N2O2. The van der Waals surface area contributed by atoms with E-state index in [4.69, 9.17) is 4.42 Å². The first-order chi connectivity index (χ1) is 10.1. The second-order valence-corrected chi connectivity index (χ2v) is 4.44. The molecule has 0 saturated carbocycles. The number of halogens is 2. The van der Waals surface area contributed by atoms with E-state index in [2.05, 4.69) is 9.97 Å². The van der Waals surface area contributed by atoms with Crippen LogP contribution >= 0.6 is 0 Å². The summed E-state index contributed by atoms with van der Waals surface area (Å²) < 4.78 is 32.5. The van der Waals surface area contributed by atoms with Crippen LogP contribution in [-0.4, -0.2) is 15.1 Å². The van der Waals surface area contributed by atoms with E-state index >= 15 is 0 Å². The first-order valence-corrected chi connectivity index (χ1v) is 6.09. The summed E-state index contributed by atoms with van der Waals surface area (Å²) in [5.74, 6) is -1.54. The fourth-order valence-electron chi connectivity index (χ4n) is 2.18. The van der Waals surface area contributed by atoms with Crippen molar-refractivity contribution < 1.29 is 18.3 Å². The van der Waals surface area contributed by atoms with Crippen LogP contribution in [0.25, 0.3) is 0 Å². The van der Waals surface area contributed by atoms with Gasteiger partial charge in [-0.05, 0) is 24.3 Å². The van der Waals surface area contributed by atoms with Crippen molar-refractivity contribution in [3.8, 4) is 0 Å². The molecule has 0 aliphatic carbocycles. The normalized spacial score (nSPS) is 13.9. The van der Waals surface area contributed by atoms with E-state index in [1.807, 2.05) is 0 Å². The van der Waals surface area contributed by atoms with E-state index in [9.17, 15) is 13.9 Å². The fraction of sp³-hybridized carbons (Fsp3) is 0.0667. The minimum atomic E-state index is -1.94. The number of aromatic nitrogens is 2. The molecule has 2 heterocycles. The fourth-order valence-corrected chi connectivity index (χ4v) is 2.18. The van der Waals surface area contributed by atoms with Gasteiger partial charge in [0.1, 0.15) is 23.7 Å². The summed E-state index contributed by atoms with van der Waals surface area (Å²) >= 11 is 0. The van der Waals surface area contributed by atoms with E-state index in [0.717, 1.165) is 6.07 Å². The predicted octanol–water partition coefficient (Wildman–Crippen LogP) is 2.63. The summed E-state index contributed by atoms with van der Waals surface area (Å²) in [6, 6.07) is 5.99. The molecule has 1 aromatic carbocycles. The summed E-state index contributed by atoms with van der Waals surface area (Å²) in [4.78, 5) is 7.65. The van der Waals surface area contributed by atoms with Gasteiger partial charge in [-0.3, -0.25) is 0 Å². The van der Waals surface area contributed by atoms with Crippen molar-refractivity contribution in [2.24, 2.45) is 0 Å². The lowest BCUT2D eigenvalue weighted by molar-refractivity contribution is 0.0941. The molecule has 3 rings (SSSR count). The lowest BCUT2D eigenvalue weighted by Crippen LogP contribution is -2.30. The number of hydrogen-bond donors (Lipinski definition) is 1. The lowest BCUT2D eigenvalue weighted by atomic mass is 9.85. The van der Waals surface area contributed by atoms with Gasteiger partial charge < -0.3 is 9.52 Å². The average Bonchev–Trinajstić information content (AvgIpc) is 3.02. The quantitative estimate of drug-likeness (QED) is 0.805. The van der Waals surface area contributed by atoms with Gasteiger partial charge in [0.15, 0.2) is 5.60 Å². The van der Waals surface area contributed by atoms with E-state index in [-0.39, 0.29) is 16.9 Å². The van der Waals surface area contributed by atoms with Gasteiger partial charge in [0.25, 0.3) is 0 Å². The Labute approximate surface area is 118 Å². The molecule has 0 amide bonds. The van der Waals surface area contributed by atoms with Crippen LogP contribution in [0.4, 0.5) is 8.78 Å². The second kappa shape index (κ2) is 5.06. The van der Waals surface area contributed by atoms with Crippen molar-refractivity contribution in [3.63, 3.8) is 0 Å². The molecule has 106 valence electrons. The van der Waals surface area contributed by atoms with Gasteiger partial charge in [0.2, 0.25) is 0 Å². The highest BCUT2D eigenvalue weighted by Gasteiger charge is 2.39. The summed E-state index contributed by atoms with van der Waals surface area (Å²) in [5.41, 5.74) is -1.87. The molecule has 6 heteroatoms. The molecule has 0 bridgehead atoms. The Hall–Kier alpha value is -2.60. The first-order valence-electron chi connectivity index (χ1n) is 6.09. The highest BCUT2D eigenvalue weighted by molar-refractivity contribution is 5.42. The minimum absolute atomic E-state index is 0.0859. The molecule has 3 aromatic rings. The zero-order chi connectivity index (χ0) is 14.9. The maximum atomic E-state index is 14.1. The predicted molar refractivity (Wildman–Crippen MR) is 69.2 cm³/mol. The molecule has 0 radical (unpaired) electrons. The number of aliphatic hydroxyl groups is 1. The van der Waals surface area contributed by atoms with Crippen LogP contribution in [0.1, 0.15) is 16.9 Å². The molecule has 1 unspecified atom stereocenters. The van der Waals surface area contributed by atoms with Crippen LogP contribution in [-0.2, 0) is 5.60 Å². The van der Waals surface area contributed by atoms with Crippen LogP contribution in [0.3, 0.4) is 0 Å². The standard InChI is InChI=1S/C15H10F2N2O2/c16-11-3-4-12(13(17)6-11)15(20,14-2-1-5-21-14)10-7-18-9-19-8-10/h1-9,20H. The highest BCUT2D eigenvalue weighted by Crippen LogP contribution is 2.37. The zero-order valence-corrected chi connectivity index (χ0v) is 10.7. The summed E-state index contributed by atoms with van der Waals surface area (Å²) in [6.07, 6.45) is 5.33. The third kappa shape index (κ3) is 2.19. The Morgan fingerprint density at radius 1 is 1.10 bits per heavy atom. The number of benzene rings is 1. The molecule has 0 saturated heterocycles. The van der Waals surface area contributed by atoms with Crippen LogP contribution in [0.15, 0.2) is 59.7 Å². The van der Waals surface area contributed by atoms with Gasteiger partial charge in [0.05, 0.1) is 6.26 Å². The minimum Gasteiger partial charge on any atom is -0.466 e. The topological polar surface area (TPSA) is 59.2 Å². The molecule has 4 nitrogen and oxygen atoms in total. The van der Waals surface area contributed by atoms with Crippen molar-refractivity contribution in [1.82, 2.24) is 9.97 Å². The van der Waals surface area contributed by atoms with E-state index in [1.54, 1.807) is 6.07 Å². The van der Waals surface area contributed by atoms with Crippen molar-refractivity contribution in [2.45, 2.75) is 5.60 Å². The third-order valence-corrected chi connectivity index (χ3v) is 3.18. The smallest absolute Gasteiger partial charge is 0.178 e.